The van der Waals surface area contributed by atoms with E-state index >= 15 is 0 Å². The number of benzene rings is 1. The van der Waals surface area contributed by atoms with Crippen LogP contribution in [0.25, 0.3) is 0 Å². The molecule has 2 amide bonds. The predicted molar refractivity (Wildman–Crippen MR) is 119 cm³/mol. The number of halogens is 1. The lowest BCUT2D eigenvalue weighted by molar-refractivity contribution is -0.157. The van der Waals surface area contributed by atoms with Crippen LogP contribution in [0.15, 0.2) is 24.3 Å². The summed E-state index contributed by atoms with van der Waals surface area (Å²) in [6.07, 6.45) is 1.63. The first-order valence-electron chi connectivity index (χ1n) is 11.0. The third-order valence-electron chi connectivity index (χ3n) is 6.93. The largest absolute Gasteiger partial charge is 0.384 e. The van der Waals surface area contributed by atoms with E-state index in [0.717, 1.165) is 5.56 Å². The minimum absolute atomic E-state index is 0.0891. The molecule has 0 spiro atoms. The molecular formula is C24H33ClN2O4. The van der Waals surface area contributed by atoms with Gasteiger partial charge in [-0.05, 0) is 36.5 Å². The summed E-state index contributed by atoms with van der Waals surface area (Å²) in [6.45, 7) is 8.47. The van der Waals surface area contributed by atoms with Crippen LogP contribution in [0.5, 0.6) is 0 Å². The number of aliphatic hydroxyl groups is 1. The minimum atomic E-state index is -1.09. The molecule has 1 saturated heterocycles. The van der Waals surface area contributed by atoms with Crippen LogP contribution in [0.4, 0.5) is 0 Å². The van der Waals surface area contributed by atoms with Crippen LogP contribution in [0.3, 0.4) is 0 Å². The maximum Gasteiger partial charge on any atom is 0.245 e. The number of piperidine rings is 1. The zero-order valence-electron chi connectivity index (χ0n) is 18.8. The monoisotopic (exact) mass is 448 g/mol. The summed E-state index contributed by atoms with van der Waals surface area (Å²) in [5.74, 6) is -0.680. The zero-order chi connectivity index (χ0) is 23.0. The number of likely N-dealkylation sites (tertiary alicyclic amines) is 1. The molecular weight excluding hydrogens is 416 g/mol. The summed E-state index contributed by atoms with van der Waals surface area (Å²) < 4.78 is 0. The number of Topliss-reactive ketones (excluding diaryl/α,β-unsaturated/α-hetero) is 1. The second-order valence-electron chi connectivity index (χ2n) is 9.97. The van der Waals surface area contributed by atoms with E-state index < -0.39 is 17.1 Å². The van der Waals surface area contributed by atoms with Crippen molar-refractivity contribution in [3.63, 3.8) is 0 Å². The number of hydrogen-bond acceptors (Lipinski definition) is 4. The maximum atomic E-state index is 13.4. The molecule has 1 heterocycles. The highest BCUT2D eigenvalue weighted by atomic mass is 35.5. The van der Waals surface area contributed by atoms with E-state index in [1.807, 2.05) is 39.8 Å². The Morgan fingerprint density at radius 1 is 1.23 bits per heavy atom. The fourth-order valence-corrected chi connectivity index (χ4v) is 4.92. The smallest absolute Gasteiger partial charge is 0.245 e. The number of carbonyl (C=O) groups excluding carboxylic acids is 3. The van der Waals surface area contributed by atoms with Crippen molar-refractivity contribution in [3.05, 3.63) is 34.9 Å². The summed E-state index contributed by atoms with van der Waals surface area (Å²) in [4.78, 5) is 39.3. The SMILES string of the molecule is CC(C)C(NC(=O)C1CCC(=O)C1)C(=O)N1CCC(O)(c2ccc(Cl)cc2)C(C)(C)C1. The van der Waals surface area contributed by atoms with E-state index in [2.05, 4.69) is 5.32 Å². The molecule has 2 fully saturated rings. The van der Waals surface area contributed by atoms with Gasteiger partial charge < -0.3 is 15.3 Å². The van der Waals surface area contributed by atoms with Gasteiger partial charge >= 0.3 is 0 Å². The van der Waals surface area contributed by atoms with Crippen LogP contribution in [0.2, 0.25) is 5.02 Å². The molecule has 3 unspecified atom stereocenters. The highest BCUT2D eigenvalue weighted by Gasteiger charge is 2.50. The predicted octanol–water partition coefficient (Wildman–Crippen LogP) is 3.30. The van der Waals surface area contributed by atoms with E-state index in [-0.39, 0.29) is 35.9 Å². The van der Waals surface area contributed by atoms with E-state index in [1.165, 1.54) is 0 Å². The lowest BCUT2D eigenvalue weighted by Gasteiger charge is -2.51. The van der Waals surface area contributed by atoms with Crippen molar-refractivity contribution >= 4 is 29.2 Å². The number of rotatable bonds is 5. The average molecular weight is 449 g/mol. The van der Waals surface area contributed by atoms with Crippen molar-refractivity contribution in [1.82, 2.24) is 10.2 Å². The van der Waals surface area contributed by atoms with Gasteiger partial charge in [-0.25, -0.2) is 0 Å². The summed E-state index contributed by atoms with van der Waals surface area (Å²) >= 11 is 6.01. The van der Waals surface area contributed by atoms with Crippen LogP contribution in [-0.2, 0) is 20.0 Å². The number of nitrogens with one attached hydrogen (secondary N) is 1. The molecule has 0 bridgehead atoms. The lowest BCUT2D eigenvalue weighted by Crippen LogP contribution is -2.60. The third kappa shape index (κ3) is 4.80. The first-order valence-corrected chi connectivity index (χ1v) is 11.4. The molecule has 1 aliphatic heterocycles. The number of nitrogens with zero attached hydrogens (tertiary/aromatic N) is 1. The Labute approximate surface area is 189 Å². The summed E-state index contributed by atoms with van der Waals surface area (Å²) in [5, 5.41) is 15.1. The molecule has 7 heteroatoms. The molecule has 0 radical (unpaired) electrons. The van der Waals surface area contributed by atoms with Crippen molar-refractivity contribution in [2.75, 3.05) is 13.1 Å². The van der Waals surface area contributed by atoms with Crippen LogP contribution in [0.1, 0.15) is 58.9 Å². The number of amides is 2. The van der Waals surface area contributed by atoms with Gasteiger partial charge in [-0.1, -0.05) is 51.4 Å². The summed E-state index contributed by atoms with van der Waals surface area (Å²) in [6, 6.07) is 6.55. The molecule has 3 rings (SSSR count). The van der Waals surface area contributed by atoms with Crippen LogP contribution < -0.4 is 5.32 Å². The highest BCUT2D eigenvalue weighted by molar-refractivity contribution is 6.30. The van der Waals surface area contributed by atoms with Gasteiger partial charge in [-0.2, -0.15) is 0 Å². The van der Waals surface area contributed by atoms with Gasteiger partial charge in [0.05, 0.1) is 5.60 Å². The average Bonchev–Trinajstić information content (AvgIpc) is 3.14. The Kier molecular flexibility index (Phi) is 6.82. The Morgan fingerprint density at radius 2 is 1.87 bits per heavy atom. The highest BCUT2D eigenvalue weighted by Crippen LogP contribution is 2.46. The van der Waals surface area contributed by atoms with Crippen LogP contribution in [-0.4, -0.2) is 46.7 Å². The van der Waals surface area contributed by atoms with E-state index in [0.29, 0.717) is 37.4 Å². The number of ketones is 1. The quantitative estimate of drug-likeness (QED) is 0.723. The Balaban J connectivity index is 1.73. The van der Waals surface area contributed by atoms with Crippen molar-refractivity contribution in [2.24, 2.45) is 17.3 Å². The normalized spacial score (nSPS) is 26.7. The van der Waals surface area contributed by atoms with Gasteiger partial charge in [0.25, 0.3) is 0 Å². The van der Waals surface area contributed by atoms with Crippen molar-refractivity contribution in [1.29, 1.82) is 0 Å². The van der Waals surface area contributed by atoms with E-state index in [4.69, 9.17) is 11.6 Å². The van der Waals surface area contributed by atoms with Gasteiger partial charge in [-0.15, -0.1) is 0 Å². The molecule has 1 aromatic rings. The maximum absolute atomic E-state index is 13.4. The number of carbonyl (C=O) groups is 3. The fourth-order valence-electron chi connectivity index (χ4n) is 4.79. The van der Waals surface area contributed by atoms with Crippen molar-refractivity contribution in [3.8, 4) is 0 Å². The molecule has 2 N–H and O–H groups in total. The minimum Gasteiger partial charge on any atom is -0.384 e. The second kappa shape index (κ2) is 8.91. The molecule has 170 valence electrons. The summed E-state index contributed by atoms with van der Waals surface area (Å²) in [5.41, 5.74) is -0.901. The Morgan fingerprint density at radius 3 is 2.39 bits per heavy atom. The van der Waals surface area contributed by atoms with Crippen molar-refractivity contribution < 1.29 is 19.5 Å². The molecule has 0 aromatic heterocycles. The first-order chi connectivity index (χ1) is 14.4. The van der Waals surface area contributed by atoms with Gasteiger partial charge in [0.2, 0.25) is 11.8 Å². The van der Waals surface area contributed by atoms with Gasteiger partial charge in [0.1, 0.15) is 11.8 Å². The first kappa shape index (κ1) is 23.7. The standard InChI is InChI=1S/C24H33ClN2O4/c1-15(2)20(26-21(29)16-5-10-19(28)13-16)22(30)27-12-11-24(31,23(3,4)14-27)17-6-8-18(25)9-7-17/h6-9,15-16,20,31H,5,10-14H2,1-4H3,(H,26,29). The third-order valence-corrected chi connectivity index (χ3v) is 7.18. The molecule has 31 heavy (non-hydrogen) atoms. The van der Waals surface area contributed by atoms with Gasteiger partial charge in [-0.3, -0.25) is 14.4 Å². The zero-order valence-corrected chi connectivity index (χ0v) is 19.5. The second-order valence-corrected chi connectivity index (χ2v) is 10.4. The van der Waals surface area contributed by atoms with Crippen LogP contribution >= 0.6 is 11.6 Å². The number of hydrogen-bond donors (Lipinski definition) is 2. The van der Waals surface area contributed by atoms with E-state index in [1.54, 1.807) is 17.0 Å². The molecule has 1 saturated carbocycles. The topological polar surface area (TPSA) is 86.7 Å². The lowest BCUT2D eigenvalue weighted by atomic mass is 9.66. The Bertz CT molecular complexity index is 852. The molecule has 3 atom stereocenters. The Hall–Kier alpha value is -1.92. The van der Waals surface area contributed by atoms with Gasteiger partial charge in [0.15, 0.2) is 0 Å². The van der Waals surface area contributed by atoms with Crippen LogP contribution in [0, 0.1) is 17.3 Å². The van der Waals surface area contributed by atoms with Gasteiger partial charge in [0, 0.05) is 42.3 Å². The molecule has 1 aromatic carbocycles. The van der Waals surface area contributed by atoms with E-state index in [9.17, 15) is 19.5 Å². The molecule has 6 nitrogen and oxygen atoms in total. The molecule has 2 aliphatic rings. The molecule has 1 aliphatic carbocycles. The van der Waals surface area contributed by atoms with Crippen molar-refractivity contribution in [2.45, 2.75) is 65.0 Å². The summed E-state index contributed by atoms with van der Waals surface area (Å²) in [7, 11) is 0. The fraction of sp³-hybridized carbons (Fsp3) is 0.625.